The highest BCUT2D eigenvalue weighted by molar-refractivity contribution is 7.53. The van der Waals surface area contributed by atoms with Crippen LogP contribution in [0.2, 0.25) is 0 Å². The molecule has 0 spiro atoms. The zero-order valence-corrected chi connectivity index (χ0v) is 20.6. The Bertz CT molecular complexity index is 787. The molecule has 1 aliphatic rings. The topological polar surface area (TPSA) is 176 Å². The van der Waals surface area contributed by atoms with Crippen molar-refractivity contribution in [2.24, 2.45) is 0 Å². The number of rotatable bonds is 11. The Balaban J connectivity index is 3.26. The maximum atomic E-state index is 13.3. The lowest BCUT2D eigenvalue weighted by Crippen LogP contribution is -2.61. The number of carbonyl (C=O) groups excluding carboxylic acids is 5. The van der Waals surface area contributed by atoms with Crippen molar-refractivity contribution in [3.8, 4) is 0 Å². The van der Waals surface area contributed by atoms with Gasteiger partial charge < -0.3 is 28.4 Å². The standard InChI is InChI=1S/C19H29O14P/c1-10-17(31-13(4)22)19(33-15(6)24)18(32-14(5)23)16(30-10)7-34(25,28-8-26-11(2)20)29-9-27-12(3)21/h10,16-19H,7-9H2,1-6H3. The SMILES string of the molecule is CC(=O)OCOP(=O)(CC1OC(C)C(OC(C)=O)C(OC(C)=O)C1OC(C)=O)OCOC(C)=O. The van der Waals surface area contributed by atoms with Gasteiger partial charge in [-0.3, -0.25) is 37.6 Å². The van der Waals surface area contributed by atoms with E-state index in [1.807, 2.05) is 0 Å². The van der Waals surface area contributed by atoms with Crippen molar-refractivity contribution in [2.45, 2.75) is 72.1 Å². The van der Waals surface area contributed by atoms with E-state index >= 15 is 0 Å². The van der Waals surface area contributed by atoms with Crippen LogP contribution in [0.4, 0.5) is 0 Å². The van der Waals surface area contributed by atoms with Crippen molar-refractivity contribution >= 4 is 37.4 Å². The van der Waals surface area contributed by atoms with E-state index in [1.165, 1.54) is 6.92 Å². The highest BCUT2D eigenvalue weighted by atomic mass is 31.2. The predicted octanol–water partition coefficient (Wildman–Crippen LogP) is 0.836. The van der Waals surface area contributed by atoms with E-state index in [9.17, 15) is 28.5 Å². The fourth-order valence-electron chi connectivity index (χ4n) is 3.00. The van der Waals surface area contributed by atoms with Crippen molar-refractivity contribution in [1.82, 2.24) is 0 Å². The molecule has 0 radical (unpaired) electrons. The summed E-state index contributed by atoms with van der Waals surface area (Å²) in [6.45, 7) is 5.45. The zero-order valence-electron chi connectivity index (χ0n) is 19.7. The molecule has 1 saturated heterocycles. The van der Waals surface area contributed by atoms with Crippen molar-refractivity contribution in [2.75, 3.05) is 19.7 Å². The number of esters is 5. The third-order valence-electron chi connectivity index (χ3n) is 4.20. The molecule has 1 rings (SSSR count). The van der Waals surface area contributed by atoms with Crippen LogP contribution in [0.3, 0.4) is 0 Å². The third-order valence-corrected chi connectivity index (χ3v) is 6.00. The van der Waals surface area contributed by atoms with Crippen LogP contribution >= 0.6 is 7.60 Å². The van der Waals surface area contributed by atoms with Gasteiger partial charge in [0.2, 0.25) is 13.6 Å². The molecule has 0 N–H and O–H groups in total. The van der Waals surface area contributed by atoms with Crippen molar-refractivity contribution in [1.29, 1.82) is 0 Å². The molecule has 15 heteroatoms. The molecule has 0 aromatic carbocycles. The van der Waals surface area contributed by atoms with Crippen molar-refractivity contribution in [3.05, 3.63) is 0 Å². The maximum Gasteiger partial charge on any atom is 0.339 e. The second-order valence-corrected chi connectivity index (χ2v) is 9.26. The highest BCUT2D eigenvalue weighted by Gasteiger charge is 2.52. The fraction of sp³-hybridized carbons (Fsp3) is 0.737. The van der Waals surface area contributed by atoms with Gasteiger partial charge in [0, 0.05) is 34.6 Å². The molecule has 5 unspecified atom stereocenters. The molecule has 0 saturated carbocycles. The molecule has 5 atom stereocenters. The molecule has 1 aliphatic heterocycles. The lowest BCUT2D eigenvalue weighted by atomic mass is 9.95. The minimum absolute atomic E-state index is 0.609. The molecule has 0 aromatic rings. The van der Waals surface area contributed by atoms with E-state index in [4.69, 9.17) is 28.0 Å². The molecule has 34 heavy (non-hydrogen) atoms. The number of hydrogen-bond acceptors (Lipinski definition) is 14. The van der Waals surface area contributed by atoms with Crippen molar-refractivity contribution < 1.29 is 66.0 Å². The predicted molar refractivity (Wildman–Crippen MR) is 109 cm³/mol. The van der Waals surface area contributed by atoms with Gasteiger partial charge >= 0.3 is 37.4 Å². The van der Waals surface area contributed by atoms with Crippen LogP contribution in [0.15, 0.2) is 0 Å². The number of carbonyl (C=O) groups is 5. The zero-order chi connectivity index (χ0) is 26.1. The van der Waals surface area contributed by atoms with Gasteiger partial charge in [-0.15, -0.1) is 0 Å². The molecule has 14 nitrogen and oxygen atoms in total. The van der Waals surface area contributed by atoms with Crippen LogP contribution in [-0.2, 0) is 66.0 Å². The first-order chi connectivity index (χ1) is 15.7. The third kappa shape index (κ3) is 10.2. The average molecular weight is 512 g/mol. The second kappa shape index (κ2) is 13.4. The Hall–Kier alpha value is -2.54. The van der Waals surface area contributed by atoms with Gasteiger partial charge in [-0.1, -0.05) is 0 Å². The van der Waals surface area contributed by atoms with Gasteiger partial charge in [-0.25, -0.2) is 0 Å². The summed E-state index contributed by atoms with van der Waals surface area (Å²) in [6, 6.07) is 0. The van der Waals surface area contributed by atoms with E-state index in [1.54, 1.807) is 0 Å². The van der Waals surface area contributed by atoms with E-state index in [0.717, 1.165) is 34.6 Å². The van der Waals surface area contributed by atoms with Crippen molar-refractivity contribution in [3.63, 3.8) is 0 Å². The molecule has 194 valence electrons. The maximum absolute atomic E-state index is 13.3. The summed E-state index contributed by atoms with van der Waals surface area (Å²) in [4.78, 5) is 57.2. The Morgan fingerprint density at radius 2 is 1.09 bits per heavy atom. The minimum Gasteiger partial charge on any atom is -0.456 e. The number of hydrogen-bond donors (Lipinski definition) is 0. The van der Waals surface area contributed by atoms with E-state index in [0.29, 0.717) is 0 Å². The van der Waals surface area contributed by atoms with Crippen LogP contribution < -0.4 is 0 Å². The first-order valence-corrected chi connectivity index (χ1v) is 11.8. The summed E-state index contributed by atoms with van der Waals surface area (Å²) < 4.78 is 54.3. The van der Waals surface area contributed by atoms with E-state index in [-0.39, 0.29) is 0 Å². The summed E-state index contributed by atoms with van der Waals surface area (Å²) in [5.41, 5.74) is 0. The first-order valence-electron chi connectivity index (χ1n) is 10.1. The molecule has 1 heterocycles. The fourth-order valence-corrected chi connectivity index (χ4v) is 4.45. The molecule has 0 amide bonds. The summed E-state index contributed by atoms with van der Waals surface area (Å²) in [5, 5.41) is 0. The van der Waals surface area contributed by atoms with Gasteiger partial charge in [0.25, 0.3) is 0 Å². The molecular weight excluding hydrogens is 483 g/mol. The quantitative estimate of drug-likeness (QED) is 0.165. The van der Waals surface area contributed by atoms with Crippen LogP contribution in [-0.4, -0.2) is 80.1 Å². The summed E-state index contributed by atoms with van der Waals surface area (Å²) in [6.07, 6.45) is -6.68. The van der Waals surface area contributed by atoms with Gasteiger partial charge in [-0.05, 0) is 6.92 Å². The largest absolute Gasteiger partial charge is 0.456 e. The average Bonchev–Trinajstić information content (AvgIpc) is 2.66. The molecular formula is C19H29O14P. The Labute approximate surface area is 195 Å². The van der Waals surface area contributed by atoms with Gasteiger partial charge in [0.15, 0.2) is 18.3 Å². The monoisotopic (exact) mass is 512 g/mol. The summed E-state index contributed by atoms with van der Waals surface area (Å²) in [5.74, 6) is -3.74. The molecule has 0 bridgehead atoms. The van der Waals surface area contributed by atoms with Crippen LogP contribution in [0.5, 0.6) is 0 Å². The van der Waals surface area contributed by atoms with Crippen LogP contribution in [0, 0.1) is 0 Å². The Kier molecular flexibility index (Phi) is 11.6. The normalized spacial score (nSPS) is 24.5. The summed E-state index contributed by atoms with van der Waals surface area (Å²) in [7, 11) is -4.23. The van der Waals surface area contributed by atoms with Crippen LogP contribution in [0.1, 0.15) is 41.5 Å². The number of ether oxygens (including phenoxy) is 6. The highest BCUT2D eigenvalue weighted by Crippen LogP contribution is 2.50. The van der Waals surface area contributed by atoms with Crippen LogP contribution in [0.25, 0.3) is 0 Å². The second-order valence-electron chi connectivity index (χ2n) is 7.16. The first kappa shape index (κ1) is 29.5. The lowest BCUT2D eigenvalue weighted by molar-refractivity contribution is -0.240. The minimum atomic E-state index is -4.23. The van der Waals surface area contributed by atoms with Gasteiger partial charge in [0.1, 0.15) is 6.10 Å². The Morgan fingerprint density at radius 3 is 1.50 bits per heavy atom. The van der Waals surface area contributed by atoms with E-state index in [2.05, 4.69) is 9.47 Å². The smallest absolute Gasteiger partial charge is 0.339 e. The van der Waals surface area contributed by atoms with Gasteiger partial charge in [0.05, 0.1) is 12.3 Å². The summed E-state index contributed by atoms with van der Waals surface area (Å²) >= 11 is 0. The van der Waals surface area contributed by atoms with E-state index < -0.39 is 87.7 Å². The molecule has 1 fully saturated rings. The lowest BCUT2D eigenvalue weighted by Gasteiger charge is -2.44. The Morgan fingerprint density at radius 1 is 0.676 bits per heavy atom. The van der Waals surface area contributed by atoms with Gasteiger partial charge in [-0.2, -0.15) is 0 Å². The molecule has 0 aromatic heterocycles. The molecule has 0 aliphatic carbocycles.